The summed E-state index contributed by atoms with van der Waals surface area (Å²) in [6.45, 7) is 6.50. The van der Waals surface area contributed by atoms with E-state index in [1.807, 2.05) is 50.4 Å². The van der Waals surface area contributed by atoms with Crippen molar-refractivity contribution >= 4 is 11.3 Å². The van der Waals surface area contributed by atoms with Crippen molar-refractivity contribution in [2.24, 2.45) is 0 Å². The number of nitrogens with one attached hydrogen (secondary N) is 1. The van der Waals surface area contributed by atoms with Crippen LogP contribution in [0.15, 0.2) is 35.8 Å². The van der Waals surface area contributed by atoms with Gasteiger partial charge in [-0.25, -0.2) is 4.98 Å². The van der Waals surface area contributed by atoms with Gasteiger partial charge < -0.3 is 15.2 Å². The van der Waals surface area contributed by atoms with E-state index in [2.05, 4.69) is 10.3 Å². The summed E-state index contributed by atoms with van der Waals surface area (Å²) in [5, 5.41) is 16.6. The van der Waals surface area contributed by atoms with Crippen LogP contribution in [0, 0.1) is 0 Å². The van der Waals surface area contributed by atoms with Crippen LogP contribution in [-0.2, 0) is 0 Å². The molecule has 1 aromatic heterocycles. The smallest absolute Gasteiger partial charge is 0.120 e. The maximum absolute atomic E-state index is 10.3. The molecular formula is C16H22N2O2S. The van der Waals surface area contributed by atoms with Crippen molar-refractivity contribution < 1.29 is 9.84 Å². The van der Waals surface area contributed by atoms with Gasteiger partial charge in [0.15, 0.2) is 0 Å². The molecule has 0 radical (unpaired) electrons. The number of benzene rings is 1. The molecule has 0 aliphatic heterocycles. The summed E-state index contributed by atoms with van der Waals surface area (Å²) in [5.74, 6) is 0.787. The number of aliphatic hydroxyl groups excluding tert-OH is 1. The predicted octanol–water partition coefficient (Wildman–Crippen LogP) is 3.31. The van der Waals surface area contributed by atoms with E-state index in [9.17, 15) is 5.11 Å². The standard InChI is InChI=1S/C16H22N2O2S/c1-11(2)20-14-6-4-5-13(9-14)15(19)10-18-12(3)16-17-7-8-21-16/h4-9,11-12,15,18-19H,10H2,1-3H3. The van der Waals surface area contributed by atoms with Crippen LogP contribution >= 0.6 is 11.3 Å². The van der Waals surface area contributed by atoms with E-state index in [4.69, 9.17) is 4.74 Å². The van der Waals surface area contributed by atoms with Crippen LogP contribution < -0.4 is 10.1 Å². The fourth-order valence-corrected chi connectivity index (χ4v) is 2.68. The fourth-order valence-electron chi connectivity index (χ4n) is 2.01. The summed E-state index contributed by atoms with van der Waals surface area (Å²) in [6.07, 6.45) is 1.35. The Hall–Kier alpha value is -1.43. The Morgan fingerprint density at radius 1 is 1.33 bits per heavy atom. The minimum atomic E-state index is -0.567. The molecule has 114 valence electrons. The molecule has 0 bridgehead atoms. The van der Waals surface area contributed by atoms with E-state index >= 15 is 0 Å². The first-order chi connectivity index (χ1) is 10.1. The first kappa shape index (κ1) is 15.9. The van der Waals surface area contributed by atoms with E-state index in [-0.39, 0.29) is 12.1 Å². The quantitative estimate of drug-likeness (QED) is 0.824. The molecule has 0 aliphatic carbocycles. The van der Waals surface area contributed by atoms with Gasteiger partial charge in [0.1, 0.15) is 10.8 Å². The molecule has 5 heteroatoms. The monoisotopic (exact) mass is 306 g/mol. The van der Waals surface area contributed by atoms with Gasteiger partial charge in [-0.1, -0.05) is 12.1 Å². The van der Waals surface area contributed by atoms with Crippen molar-refractivity contribution in [2.75, 3.05) is 6.54 Å². The van der Waals surface area contributed by atoms with Gasteiger partial charge >= 0.3 is 0 Å². The molecule has 0 fully saturated rings. The van der Waals surface area contributed by atoms with Gasteiger partial charge in [0.25, 0.3) is 0 Å². The first-order valence-electron chi connectivity index (χ1n) is 7.13. The zero-order valence-electron chi connectivity index (χ0n) is 12.6. The number of aliphatic hydroxyl groups is 1. The summed E-state index contributed by atoms with van der Waals surface area (Å²) < 4.78 is 5.65. The second-order valence-electron chi connectivity index (χ2n) is 5.26. The maximum atomic E-state index is 10.3. The molecule has 0 saturated heterocycles. The van der Waals surface area contributed by atoms with E-state index in [1.54, 1.807) is 17.5 Å². The van der Waals surface area contributed by atoms with Crippen molar-refractivity contribution in [3.05, 3.63) is 46.4 Å². The molecule has 0 aliphatic rings. The lowest BCUT2D eigenvalue weighted by Gasteiger charge is -2.17. The van der Waals surface area contributed by atoms with Gasteiger partial charge in [0, 0.05) is 18.1 Å². The van der Waals surface area contributed by atoms with Crippen molar-refractivity contribution in [1.29, 1.82) is 0 Å². The van der Waals surface area contributed by atoms with Crippen LogP contribution in [0.5, 0.6) is 5.75 Å². The molecule has 0 spiro atoms. The molecule has 4 nitrogen and oxygen atoms in total. The van der Waals surface area contributed by atoms with Crippen LogP contribution in [-0.4, -0.2) is 22.7 Å². The number of hydrogen-bond donors (Lipinski definition) is 2. The second-order valence-corrected chi connectivity index (χ2v) is 6.18. The predicted molar refractivity (Wildman–Crippen MR) is 85.7 cm³/mol. The SMILES string of the molecule is CC(C)Oc1cccc(C(O)CNC(C)c2nccs2)c1. The van der Waals surface area contributed by atoms with Crippen LogP contribution in [0.1, 0.15) is 43.5 Å². The molecule has 2 aromatic rings. The molecule has 21 heavy (non-hydrogen) atoms. The van der Waals surface area contributed by atoms with Gasteiger partial charge in [-0.15, -0.1) is 11.3 Å². The summed E-state index contributed by atoms with van der Waals surface area (Å²) >= 11 is 1.61. The number of thiazole rings is 1. The number of ether oxygens (including phenoxy) is 1. The van der Waals surface area contributed by atoms with Crippen LogP contribution in [0.3, 0.4) is 0 Å². The summed E-state index contributed by atoms with van der Waals surface area (Å²) in [6, 6.07) is 7.74. The Kier molecular flexibility index (Phi) is 5.73. The minimum Gasteiger partial charge on any atom is -0.491 e. The zero-order chi connectivity index (χ0) is 15.2. The zero-order valence-corrected chi connectivity index (χ0v) is 13.4. The Bertz CT molecular complexity index is 543. The van der Waals surface area contributed by atoms with Crippen molar-refractivity contribution in [2.45, 2.75) is 39.0 Å². The van der Waals surface area contributed by atoms with Crippen LogP contribution in [0.25, 0.3) is 0 Å². The third kappa shape index (κ3) is 4.81. The van der Waals surface area contributed by atoms with Gasteiger partial charge in [-0.2, -0.15) is 0 Å². The molecule has 2 N–H and O–H groups in total. The molecule has 1 heterocycles. The second kappa shape index (κ2) is 7.54. The summed E-state index contributed by atoms with van der Waals surface area (Å²) in [7, 11) is 0. The average molecular weight is 306 g/mol. The highest BCUT2D eigenvalue weighted by atomic mass is 32.1. The van der Waals surface area contributed by atoms with Crippen LogP contribution in [0.2, 0.25) is 0 Å². The van der Waals surface area contributed by atoms with E-state index in [1.165, 1.54) is 0 Å². The average Bonchev–Trinajstić information content (AvgIpc) is 2.98. The Balaban J connectivity index is 1.92. The summed E-state index contributed by atoms with van der Waals surface area (Å²) in [5.41, 5.74) is 0.854. The number of hydrogen-bond acceptors (Lipinski definition) is 5. The molecule has 2 atom stereocenters. The largest absolute Gasteiger partial charge is 0.491 e. The first-order valence-corrected chi connectivity index (χ1v) is 8.01. The Morgan fingerprint density at radius 3 is 2.81 bits per heavy atom. The number of aromatic nitrogens is 1. The normalized spacial score (nSPS) is 14.1. The summed E-state index contributed by atoms with van der Waals surface area (Å²) in [4.78, 5) is 4.27. The fraction of sp³-hybridized carbons (Fsp3) is 0.438. The van der Waals surface area contributed by atoms with E-state index in [0.717, 1.165) is 16.3 Å². The lowest BCUT2D eigenvalue weighted by atomic mass is 10.1. The molecule has 0 saturated carbocycles. The van der Waals surface area contributed by atoms with Crippen molar-refractivity contribution in [1.82, 2.24) is 10.3 Å². The van der Waals surface area contributed by atoms with Gasteiger partial charge in [0.2, 0.25) is 0 Å². The van der Waals surface area contributed by atoms with Gasteiger partial charge in [-0.05, 0) is 38.5 Å². The highest BCUT2D eigenvalue weighted by Crippen LogP contribution is 2.21. The van der Waals surface area contributed by atoms with Gasteiger partial charge in [0.05, 0.1) is 18.2 Å². The Labute approximate surface area is 129 Å². The highest BCUT2D eigenvalue weighted by Gasteiger charge is 2.12. The lowest BCUT2D eigenvalue weighted by molar-refractivity contribution is 0.169. The number of rotatable bonds is 7. The Morgan fingerprint density at radius 2 is 2.14 bits per heavy atom. The maximum Gasteiger partial charge on any atom is 0.120 e. The molecule has 0 amide bonds. The van der Waals surface area contributed by atoms with Gasteiger partial charge in [-0.3, -0.25) is 0 Å². The van der Waals surface area contributed by atoms with E-state index < -0.39 is 6.10 Å². The third-order valence-electron chi connectivity index (χ3n) is 3.05. The van der Waals surface area contributed by atoms with Crippen LogP contribution in [0.4, 0.5) is 0 Å². The number of nitrogens with zero attached hydrogens (tertiary/aromatic N) is 1. The van der Waals surface area contributed by atoms with E-state index in [0.29, 0.717) is 6.54 Å². The molecular weight excluding hydrogens is 284 g/mol. The molecule has 2 rings (SSSR count). The van der Waals surface area contributed by atoms with Crippen molar-refractivity contribution in [3.63, 3.8) is 0 Å². The topological polar surface area (TPSA) is 54.4 Å². The molecule has 2 unspecified atom stereocenters. The van der Waals surface area contributed by atoms with Crippen molar-refractivity contribution in [3.8, 4) is 5.75 Å². The third-order valence-corrected chi connectivity index (χ3v) is 4.01. The minimum absolute atomic E-state index is 0.125. The lowest BCUT2D eigenvalue weighted by Crippen LogP contribution is -2.24. The molecule has 1 aromatic carbocycles. The highest BCUT2D eigenvalue weighted by molar-refractivity contribution is 7.09.